The predicted octanol–water partition coefficient (Wildman–Crippen LogP) is 1.17. The van der Waals surface area contributed by atoms with E-state index in [4.69, 9.17) is 0 Å². The molecule has 1 heterocycles. The maximum absolute atomic E-state index is 12.0. The number of carbonyl (C=O) groups is 1. The van der Waals surface area contributed by atoms with E-state index in [0.717, 1.165) is 29.2 Å². The molecule has 0 unspecified atom stereocenters. The number of amides is 1. The quantitative estimate of drug-likeness (QED) is 0.742. The van der Waals surface area contributed by atoms with Gasteiger partial charge in [-0.3, -0.25) is 9.10 Å². The second kappa shape index (κ2) is 7.28. The molecule has 2 N–H and O–H groups in total. The first-order valence-electron chi connectivity index (χ1n) is 7.18. The summed E-state index contributed by atoms with van der Waals surface area (Å²) in [5.41, 5.74) is 1.01. The summed E-state index contributed by atoms with van der Waals surface area (Å²) in [6.45, 7) is 0.546. The summed E-state index contributed by atoms with van der Waals surface area (Å²) in [7, 11) is -1.83. The van der Waals surface area contributed by atoms with E-state index < -0.39 is 10.0 Å². The number of aromatic amines is 1. The molecule has 2 aromatic rings. The summed E-state index contributed by atoms with van der Waals surface area (Å²) in [5.74, 6) is 0.713. The Hall–Kier alpha value is -2.35. The average molecular weight is 336 g/mol. The molecule has 0 saturated heterocycles. The van der Waals surface area contributed by atoms with Crippen LogP contribution in [-0.4, -0.2) is 44.1 Å². The molecule has 1 aromatic carbocycles. The molecular weight excluding hydrogens is 316 g/mol. The number of carbonyl (C=O) groups excluding carboxylic acids is 1. The Morgan fingerprint density at radius 2 is 2.00 bits per heavy atom. The Morgan fingerprint density at radius 3 is 2.57 bits per heavy atom. The fourth-order valence-corrected chi connectivity index (χ4v) is 2.51. The van der Waals surface area contributed by atoms with Crippen LogP contribution in [0.2, 0.25) is 0 Å². The smallest absolute Gasteiger partial charge is 0.251 e. The van der Waals surface area contributed by atoms with Crippen molar-refractivity contribution in [3.8, 4) is 0 Å². The van der Waals surface area contributed by atoms with Crippen molar-refractivity contribution in [2.24, 2.45) is 0 Å². The number of benzene rings is 1. The third kappa shape index (κ3) is 4.82. The van der Waals surface area contributed by atoms with Crippen LogP contribution >= 0.6 is 0 Å². The van der Waals surface area contributed by atoms with Crippen LogP contribution in [0.1, 0.15) is 22.6 Å². The summed E-state index contributed by atoms with van der Waals surface area (Å²) in [4.78, 5) is 19.1. The van der Waals surface area contributed by atoms with E-state index >= 15 is 0 Å². The lowest BCUT2D eigenvalue weighted by molar-refractivity contribution is 0.0953. The first-order chi connectivity index (χ1) is 10.9. The summed E-state index contributed by atoms with van der Waals surface area (Å²) < 4.78 is 24.1. The highest BCUT2D eigenvalue weighted by atomic mass is 32.2. The number of aryl methyl sites for hydroxylation is 1. The summed E-state index contributed by atoms with van der Waals surface area (Å²) >= 11 is 0. The van der Waals surface area contributed by atoms with Crippen molar-refractivity contribution in [1.82, 2.24) is 15.3 Å². The lowest BCUT2D eigenvalue weighted by Crippen LogP contribution is -2.26. The van der Waals surface area contributed by atoms with Gasteiger partial charge in [0.2, 0.25) is 10.0 Å². The van der Waals surface area contributed by atoms with Crippen LogP contribution in [0.25, 0.3) is 0 Å². The van der Waals surface area contributed by atoms with E-state index in [1.54, 1.807) is 36.7 Å². The number of aromatic nitrogens is 2. The molecule has 0 aliphatic rings. The first kappa shape index (κ1) is 17.0. The predicted molar refractivity (Wildman–Crippen MR) is 88.9 cm³/mol. The van der Waals surface area contributed by atoms with Gasteiger partial charge >= 0.3 is 0 Å². The molecular formula is C15H20N4O3S. The van der Waals surface area contributed by atoms with E-state index in [1.165, 1.54) is 7.05 Å². The maximum atomic E-state index is 12.0. The highest BCUT2D eigenvalue weighted by Crippen LogP contribution is 2.16. The van der Waals surface area contributed by atoms with Gasteiger partial charge in [0, 0.05) is 38.0 Å². The van der Waals surface area contributed by atoms with Gasteiger partial charge < -0.3 is 10.3 Å². The lowest BCUT2D eigenvalue weighted by atomic mass is 10.2. The highest BCUT2D eigenvalue weighted by molar-refractivity contribution is 7.92. The second-order valence-corrected chi connectivity index (χ2v) is 7.19. The molecule has 23 heavy (non-hydrogen) atoms. The van der Waals surface area contributed by atoms with Crippen molar-refractivity contribution in [2.75, 3.05) is 24.2 Å². The number of rotatable bonds is 7. The minimum absolute atomic E-state index is 0.182. The molecule has 1 aromatic heterocycles. The number of hydrogen-bond donors (Lipinski definition) is 2. The standard InChI is InChI=1S/C15H20N4O3S/c1-19(23(2,21)22)13-7-5-12(6-8-13)15(20)18-9-3-4-14-16-10-11-17-14/h5-8,10-11H,3-4,9H2,1-2H3,(H,16,17)(H,18,20). The van der Waals surface area contributed by atoms with Crippen LogP contribution in [0, 0.1) is 0 Å². The third-order valence-corrected chi connectivity index (χ3v) is 4.63. The fourth-order valence-electron chi connectivity index (χ4n) is 2.01. The van der Waals surface area contributed by atoms with Crippen molar-refractivity contribution in [1.29, 1.82) is 0 Å². The zero-order valence-corrected chi connectivity index (χ0v) is 13.9. The minimum atomic E-state index is -3.30. The molecule has 0 aliphatic carbocycles. The van der Waals surface area contributed by atoms with E-state index in [9.17, 15) is 13.2 Å². The van der Waals surface area contributed by atoms with Gasteiger partial charge in [0.25, 0.3) is 5.91 Å². The number of sulfonamides is 1. The second-order valence-electron chi connectivity index (χ2n) is 5.17. The first-order valence-corrected chi connectivity index (χ1v) is 9.03. The van der Waals surface area contributed by atoms with Crippen molar-refractivity contribution >= 4 is 21.6 Å². The van der Waals surface area contributed by atoms with Crippen molar-refractivity contribution in [3.05, 3.63) is 48.0 Å². The van der Waals surface area contributed by atoms with Gasteiger partial charge in [0.15, 0.2) is 0 Å². The Kier molecular flexibility index (Phi) is 5.38. The van der Waals surface area contributed by atoms with Crippen LogP contribution in [0.5, 0.6) is 0 Å². The largest absolute Gasteiger partial charge is 0.352 e. The molecule has 0 fully saturated rings. The number of anilines is 1. The number of hydrogen-bond acceptors (Lipinski definition) is 4. The molecule has 7 nitrogen and oxygen atoms in total. The van der Waals surface area contributed by atoms with Gasteiger partial charge in [-0.2, -0.15) is 0 Å². The summed E-state index contributed by atoms with van der Waals surface area (Å²) in [5, 5.41) is 2.83. The molecule has 2 rings (SSSR count). The van der Waals surface area contributed by atoms with E-state index in [0.29, 0.717) is 17.8 Å². The third-order valence-electron chi connectivity index (χ3n) is 3.42. The minimum Gasteiger partial charge on any atom is -0.352 e. The molecule has 124 valence electrons. The number of H-pyrrole nitrogens is 1. The molecule has 0 atom stereocenters. The van der Waals surface area contributed by atoms with Crippen molar-refractivity contribution < 1.29 is 13.2 Å². The molecule has 0 aliphatic heterocycles. The zero-order chi connectivity index (χ0) is 16.9. The van der Waals surface area contributed by atoms with Gasteiger partial charge in [0.05, 0.1) is 11.9 Å². The van der Waals surface area contributed by atoms with E-state index in [2.05, 4.69) is 15.3 Å². The molecule has 1 amide bonds. The molecule has 0 radical (unpaired) electrons. The van der Waals surface area contributed by atoms with Gasteiger partial charge in [-0.1, -0.05) is 0 Å². The van der Waals surface area contributed by atoms with Crippen LogP contribution in [0.15, 0.2) is 36.7 Å². The Morgan fingerprint density at radius 1 is 1.30 bits per heavy atom. The molecule has 0 bridgehead atoms. The van der Waals surface area contributed by atoms with Crippen molar-refractivity contribution in [3.63, 3.8) is 0 Å². The van der Waals surface area contributed by atoms with Crippen LogP contribution < -0.4 is 9.62 Å². The van der Waals surface area contributed by atoms with Crippen LogP contribution in [-0.2, 0) is 16.4 Å². The van der Waals surface area contributed by atoms with Crippen LogP contribution in [0.4, 0.5) is 5.69 Å². The van der Waals surface area contributed by atoms with Crippen LogP contribution in [0.3, 0.4) is 0 Å². The monoisotopic (exact) mass is 336 g/mol. The maximum Gasteiger partial charge on any atom is 0.251 e. The Balaban J connectivity index is 1.85. The molecule has 0 spiro atoms. The normalized spacial score (nSPS) is 11.2. The zero-order valence-electron chi connectivity index (χ0n) is 13.1. The summed E-state index contributed by atoms with van der Waals surface area (Å²) in [6, 6.07) is 6.44. The van der Waals surface area contributed by atoms with E-state index in [-0.39, 0.29) is 5.91 Å². The SMILES string of the molecule is CN(c1ccc(C(=O)NCCCc2ncc[nH]2)cc1)S(C)(=O)=O. The molecule has 0 saturated carbocycles. The fraction of sp³-hybridized carbons (Fsp3) is 0.333. The van der Waals surface area contributed by atoms with Gasteiger partial charge in [-0.15, -0.1) is 0 Å². The number of nitrogens with zero attached hydrogens (tertiary/aromatic N) is 2. The topological polar surface area (TPSA) is 95.2 Å². The lowest BCUT2D eigenvalue weighted by Gasteiger charge is -2.16. The Bertz CT molecular complexity index is 740. The summed E-state index contributed by atoms with van der Waals surface area (Å²) in [6.07, 6.45) is 6.15. The number of imidazole rings is 1. The van der Waals surface area contributed by atoms with Gasteiger partial charge in [-0.25, -0.2) is 13.4 Å². The molecule has 8 heteroatoms. The Labute approximate surface area is 135 Å². The van der Waals surface area contributed by atoms with Gasteiger partial charge in [-0.05, 0) is 30.7 Å². The highest BCUT2D eigenvalue weighted by Gasteiger charge is 2.12. The van der Waals surface area contributed by atoms with E-state index in [1.807, 2.05) is 0 Å². The average Bonchev–Trinajstić information content (AvgIpc) is 3.03. The van der Waals surface area contributed by atoms with Gasteiger partial charge in [0.1, 0.15) is 5.82 Å². The number of nitrogens with one attached hydrogen (secondary N) is 2. The van der Waals surface area contributed by atoms with Crippen molar-refractivity contribution in [2.45, 2.75) is 12.8 Å².